The van der Waals surface area contributed by atoms with E-state index in [4.69, 9.17) is 10.5 Å². The minimum Gasteiger partial charge on any atom is -0.481 e. The van der Waals surface area contributed by atoms with Crippen LogP contribution in [-0.4, -0.2) is 28.2 Å². The first-order valence-electron chi connectivity index (χ1n) is 5.02. The quantitative estimate of drug-likeness (QED) is 0.861. The van der Waals surface area contributed by atoms with Gasteiger partial charge in [-0.15, -0.1) is 0 Å². The zero-order chi connectivity index (χ0) is 13.6. The summed E-state index contributed by atoms with van der Waals surface area (Å²) in [6.45, 7) is 0.849. The van der Waals surface area contributed by atoms with Crippen LogP contribution in [0.2, 0.25) is 0 Å². The van der Waals surface area contributed by atoms with Gasteiger partial charge in [0, 0.05) is 6.07 Å². The number of halogens is 3. The Hall–Kier alpha value is -1.83. The monoisotopic (exact) mass is 260 g/mol. The molecule has 1 unspecified atom stereocenters. The van der Waals surface area contributed by atoms with Gasteiger partial charge in [-0.25, -0.2) is 4.98 Å². The number of nitrogens with zero attached hydrogens (tertiary/aromatic N) is 2. The van der Waals surface area contributed by atoms with Gasteiger partial charge in [0.05, 0.1) is 12.6 Å². The summed E-state index contributed by atoms with van der Waals surface area (Å²) in [6, 6.07) is 3.05. The van der Waals surface area contributed by atoms with Crippen LogP contribution in [0, 0.1) is 0 Å². The molecule has 8 heteroatoms. The first-order valence-corrected chi connectivity index (χ1v) is 5.02. The smallest absolute Gasteiger partial charge is 0.413 e. The maximum absolute atomic E-state index is 12.8. The van der Waals surface area contributed by atoms with E-state index in [1.807, 2.05) is 0 Å². The van der Waals surface area contributed by atoms with Crippen LogP contribution in [0.1, 0.15) is 12.7 Å². The number of H-pyrrole nitrogens is 1. The van der Waals surface area contributed by atoms with Crippen molar-refractivity contribution in [1.82, 2.24) is 15.0 Å². The van der Waals surface area contributed by atoms with Crippen molar-refractivity contribution < 1.29 is 17.9 Å². The number of ether oxygens (including phenoxy) is 1. The van der Waals surface area contributed by atoms with Crippen LogP contribution in [0.4, 0.5) is 13.2 Å². The molecule has 0 saturated carbocycles. The van der Waals surface area contributed by atoms with E-state index in [-0.39, 0.29) is 17.4 Å². The molecule has 2 heterocycles. The molecular weight excluding hydrogens is 249 g/mol. The molecule has 0 aromatic carbocycles. The number of hydrogen-bond acceptors (Lipinski definition) is 4. The highest BCUT2D eigenvalue weighted by molar-refractivity contribution is 5.71. The first-order chi connectivity index (χ1) is 8.25. The van der Waals surface area contributed by atoms with E-state index in [0.29, 0.717) is 5.52 Å². The molecule has 0 bridgehead atoms. The highest BCUT2D eigenvalue weighted by atomic mass is 19.4. The molecule has 0 saturated heterocycles. The summed E-state index contributed by atoms with van der Waals surface area (Å²) in [4.78, 5) is 10.2. The summed E-state index contributed by atoms with van der Waals surface area (Å²) >= 11 is 0. The van der Waals surface area contributed by atoms with Crippen molar-refractivity contribution in [2.75, 3.05) is 7.11 Å². The second kappa shape index (κ2) is 3.84. The number of aromatic nitrogens is 3. The molecule has 0 fully saturated rings. The number of nitrogens with two attached hydrogens (primary N) is 1. The fourth-order valence-electron chi connectivity index (χ4n) is 1.37. The first kappa shape index (κ1) is 12.6. The molecule has 2 rings (SSSR count). The lowest BCUT2D eigenvalue weighted by Crippen LogP contribution is -2.48. The zero-order valence-electron chi connectivity index (χ0n) is 9.67. The fraction of sp³-hybridized carbons (Fsp3) is 0.400. The van der Waals surface area contributed by atoms with E-state index in [1.54, 1.807) is 0 Å². The molecule has 2 aromatic heterocycles. The van der Waals surface area contributed by atoms with Gasteiger partial charge in [-0.3, -0.25) is 0 Å². The Morgan fingerprint density at radius 1 is 1.28 bits per heavy atom. The van der Waals surface area contributed by atoms with Gasteiger partial charge in [-0.05, 0) is 13.0 Å². The number of aromatic amines is 1. The van der Waals surface area contributed by atoms with Gasteiger partial charge in [0.1, 0.15) is 5.82 Å². The van der Waals surface area contributed by atoms with E-state index in [2.05, 4.69) is 15.0 Å². The van der Waals surface area contributed by atoms with Crippen LogP contribution in [0.5, 0.6) is 5.88 Å². The predicted molar refractivity (Wildman–Crippen MR) is 58.0 cm³/mol. The number of pyridine rings is 1. The molecule has 3 N–H and O–H groups in total. The molecule has 0 radical (unpaired) electrons. The number of methoxy groups -OCH3 is 1. The lowest BCUT2D eigenvalue weighted by Gasteiger charge is -2.24. The summed E-state index contributed by atoms with van der Waals surface area (Å²) in [5.74, 6) is -0.114. The van der Waals surface area contributed by atoms with E-state index in [0.717, 1.165) is 6.92 Å². The molecule has 2 aromatic rings. The number of hydrogen-bond donors (Lipinski definition) is 2. The van der Waals surface area contributed by atoms with Crippen molar-refractivity contribution in [1.29, 1.82) is 0 Å². The topological polar surface area (TPSA) is 76.8 Å². The van der Waals surface area contributed by atoms with Gasteiger partial charge < -0.3 is 15.5 Å². The number of imidazole rings is 1. The van der Waals surface area contributed by atoms with Crippen LogP contribution in [-0.2, 0) is 5.54 Å². The Balaban J connectivity index is 2.54. The molecule has 1 atom stereocenters. The fourth-order valence-corrected chi connectivity index (χ4v) is 1.37. The van der Waals surface area contributed by atoms with Crippen molar-refractivity contribution in [3.63, 3.8) is 0 Å². The second-order valence-electron chi connectivity index (χ2n) is 4.01. The van der Waals surface area contributed by atoms with Crippen molar-refractivity contribution in [3.05, 3.63) is 18.0 Å². The average Bonchev–Trinajstić information content (AvgIpc) is 2.70. The lowest BCUT2D eigenvalue weighted by atomic mass is 10.0. The molecule has 0 aliphatic carbocycles. The number of rotatable bonds is 2. The maximum atomic E-state index is 12.8. The van der Waals surface area contributed by atoms with Gasteiger partial charge in [0.15, 0.2) is 11.2 Å². The van der Waals surface area contributed by atoms with Gasteiger partial charge >= 0.3 is 6.18 Å². The van der Waals surface area contributed by atoms with Crippen LogP contribution >= 0.6 is 0 Å². The van der Waals surface area contributed by atoms with Crippen molar-refractivity contribution in [2.45, 2.75) is 18.6 Å². The Labute approximate surface area is 100 Å². The zero-order valence-corrected chi connectivity index (χ0v) is 9.67. The van der Waals surface area contributed by atoms with E-state index in [9.17, 15) is 13.2 Å². The van der Waals surface area contributed by atoms with Crippen LogP contribution in [0.15, 0.2) is 12.1 Å². The van der Waals surface area contributed by atoms with Gasteiger partial charge in [-0.2, -0.15) is 18.2 Å². The molecule has 5 nitrogen and oxygen atoms in total. The Kier molecular flexibility index (Phi) is 2.69. The van der Waals surface area contributed by atoms with E-state index >= 15 is 0 Å². The SMILES string of the molecule is COc1ccc2[nH]c(C(C)(N)C(F)(F)F)nc2n1. The minimum absolute atomic E-state index is 0.130. The molecule has 0 amide bonds. The van der Waals surface area contributed by atoms with Crippen LogP contribution < -0.4 is 10.5 Å². The highest BCUT2D eigenvalue weighted by Gasteiger charge is 2.51. The lowest BCUT2D eigenvalue weighted by molar-refractivity contribution is -0.186. The van der Waals surface area contributed by atoms with Gasteiger partial charge in [0.25, 0.3) is 0 Å². The molecule has 0 spiro atoms. The largest absolute Gasteiger partial charge is 0.481 e. The van der Waals surface area contributed by atoms with Gasteiger partial charge in [0.2, 0.25) is 5.88 Å². The summed E-state index contributed by atoms with van der Waals surface area (Å²) < 4.78 is 43.2. The van der Waals surface area contributed by atoms with E-state index < -0.39 is 11.7 Å². The molecule has 0 aliphatic heterocycles. The second-order valence-corrected chi connectivity index (χ2v) is 4.01. The molecule has 98 valence electrons. The third kappa shape index (κ3) is 1.88. The number of alkyl halides is 3. The third-order valence-corrected chi connectivity index (χ3v) is 2.61. The normalized spacial score (nSPS) is 15.7. The molecule has 18 heavy (non-hydrogen) atoms. The van der Waals surface area contributed by atoms with Crippen LogP contribution in [0.25, 0.3) is 11.2 Å². The Morgan fingerprint density at radius 2 is 1.94 bits per heavy atom. The van der Waals surface area contributed by atoms with Crippen LogP contribution in [0.3, 0.4) is 0 Å². The van der Waals surface area contributed by atoms with Gasteiger partial charge in [-0.1, -0.05) is 0 Å². The van der Waals surface area contributed by atoms with Crippen molar-refractivity contribution in [3.8, 4) is 5.88 Å². The standard InChI is InChI=1S/C10H11F3N4O/c1-9(14,10(11,12)13)8-15-5-3-4-6(18-2)16-7(5)17-8/h3-4H,14H2,1-2H3,(H,15,16,17). The predicted octanol–water partition coefficient (Wildman–Crippen LogP) is 1.70. The average molecular weight is 260 g/mol. The van der Waals surface area contributed by atoms with Crippen molar-refractivity contribution >= 4 is 11.2 Å². The summed E-state index contributed by atoms with van der Waals surface area (Å²) in [5, 5.41) is 0. The Morgan fingerprint density at radius 3 is 2.50 bits per heavy atom. The third-order valence-electron chi connectivity index (χ3n) is 2.61. The highest BCUT2D eigenvalue weighted by Crippen LogP contribution is 2.35. The summed E-state index contributed by atoms with van der Waals surface area (Å²) in [5.41, 5.74) is 3.21. The summed E-state index contributed by atoms with van der Waals surface area (Å²) in [7, 11) is 1.41. The number of nitrogens with one attached hydrogen (secondary N) is 1. The molecular formula is C10H11F3N4O. The van der Waals surface area contributed by atoms with Crippen molar-refractivity contribution in [2.24, 2.45) is 5.73 Å². The minimum atomic E-state index is -4.61. The summed E-state index contributed by atoms with van der Waals surface area (Å²) in [6.07, 6.45) is -4.61. The van der Waals surface area contributed by atoms with E-state index in [1.165, 1.54) is 19.2 Å². The maximum Gasteiger partial charge on any atom is 0.413 e. The number of fused-ring (bicyclic) bond motifs is 1. The Bertz CT molecular complexity index is 576. The molecule has 0 aliphatic rings.